The first-order valence-corrected chi connectivity index (χ1v) is 4.86. The van der Waals surface area contributed by atoms with Gasteiger partial charge in [0.05, 0.1) is 0 Å². The average molecular weight is 174 g/mol. The van der Waals surface area contributed by atoms with Gasteiger partial charge in [0.25, 0.3) is 0 Å². The topological polar surface area (TPSA) is 38.0 Å². The summed E-state index contributed by atoms with van der Waals surface area (Å²) in [5, 5.41) is 3.33. The van der Waals surface area contributed by atoms with Crippen molar-refractivity contribution in [2.24, 2.45) is 11.1 Å². The molecule has 1 aromatic carbocycles. The third-order valence-electron chi connectivity index (χ3n) is 3.55. The molecule has 3 N–H and O–H groups in total. The second kappa shape index (κ2) is 2.34. The highest BCUT2D eigenvalue weighted by molar-refractivity contribution is 5.39. The number of benzene rings is 1. The molecule has 0 amide bonds. The summed E-state index contributed by atoms with van der Waals surface area (Å²) in [6.45, 7) is 2.17. The van der Waals surface area contributed by atoms with Crippen LogP contribution >= 0.6 is 0 Å². The van der Waals surface area contributed by atoms with Gasteiger partial charge in [-0.3, -0.25) is 0 Å². The van der Waals surface area contributed by atoms with Crippen molar-refractivity contribution in [2.45, 2.75) is 12.5 Å². The maximum atomic E-state index is 6.25. The monoisotopic (exact) mass is 174 g/mol. The molecule has 1 spiro atoms. The highest BCUT2D eigenvalue weighted by Crippen LogP contribution is 2.46. The zero-order chi connectivity index (χ0) is 8.89. The summed E-state index contributed by atoms with van der Waals surface area (Å²) in [6.07, 6.45) is 1.16. The van der Waals surface area contributed by atoms with Crippen LogP contribution in [-0.2, 0) is 6.42 Å². The van der Waals surface area contributed by atoms with E-state index >= 15 is 0 Å². The highest BCUT2D eigenvalue weighted by Gasteiger charge is 2.48. The van der Waals surface area contributed by atoms with E-state index in [1.54, 1.807) is 0 Å². The summed E-state index contributed by atoms with van der Waals surface area (Å²) in [4.78, 5) is 0. The lowest BCUT2D eigenvalue weighted by molar-refractivity contribution is 0.143. The minimum absolute atomic E-state index is 0.255. The van der Waals surface area contributed by atoms with Crippen LogP contribution in [0, 0.1) is 5.41 Å². The number of nitrogens with two attached hydrogens (primary N) is 1. The van der Waals surface area contributed by atoms with Gasteiger partial charge in [-0.05, 0) is 17.5 Å². The molecule has 0 unspecified atom stereocenters. The predicted octanol–water partition coefficient (Wildman–Crippen LogP) is 0.832. The molecule has 0 bridgehead atoms. The van der Waals surface area contributed by atoms with Gasteiger partial charge in [-0.25, -0.2) is 0 Å². The lowest BCUT2D eigenvalue weighted by Gasteiger charge is -2.43. The van der Waals surface area contributed by atoms with Crippen molar-refractivity contribution >= 4 is 0 Å². The molecule has 0 radical (unpaired) electrons. The minimum Gasteiger partial charge on any atom is -0.323 e. The van der Waals surface area contributed by atoms with E-state index in [9.17, 15) is 0 Å². The summed E-state index contributed by atoms with van der Waals surface area (Å²) in [7, 11) is 0. The SMILES string of the molecule is N[C@@H]1c2ccccc2CC12CNC2. The molecule has 1 aliphatic heterocycles. The van der Waals surface area contributed by atoms with E-state index in [0.717, 1.165) is 19.5 Å². The van der Waals surface area contributed by atoms with Gasteiger partial charge in [0.1, 0.15) is 0 Å². The molecule has 2 heteroatoms. The van der Waals surface area contributed by atoms with E-state index in [1.807, 2.05) is 0 Å². The van der Waals surface area contributed by atoms with Crippen LogP contribution in [0.1, 0.15) is 17.2 Å². The van der Waals surface area contributed by atoms with Gasteiger partial charge >= 0.3 is 0 Å². The van der Waals surface area contributed by atoms with Gasteiger partial charge in [-0.15, -0.1) is 0 Å². The Kier molecular flexibility index (Phi) is 1.35. The predicted molar refractivity (Wildman–Crippen MR) is 52.4 cm³/mol. The standard InChI is InChI=1S/C11H14N2/c12-10-9-4-2-1-3-8(9)5-11(10)6-13-7-11/h1-4,10,13H,5-7,12H2/t10-/m1/s1. The highest BCUT2D eigenvalue weighted by atomic mass is 15.0. The summed E-state index contributed by atoms with van der Waals surface area (Å²) in [5.41, 5.74) is 9.42. The van der Waals surface area contributed by atoms with Gasteiger partial charge in [-0.1, -0.05) is 24.3 Å². The summed E-state index contributed by atoms with van der Waals surface area (Å²) >= 11 is 0. The normalized spacial score (nSPS) is 28.5. The third kappa shape index (κ3) is 0.847. The molecule has 3 rings (SSSR count). The summed E-state index contributed by atoms with van der Waals surface area (Å²) < 4.78 is 0. The van der Waals surface area contributed by atoms with Crippen molar-refractivity contribution in [3.63, 3.8) is 0 Å². The second-order valence-corrected chi connectivity index (χ2v) is 4.32. The molecular weight excluding hydrogens is 160 g/mol. The van der Waals surface area contributed by atoms with Crippen LogP contribution in [0.3, 0.4) is 0 Å². The Bertz CT molecular complexity index is 342. The van der Waals surface area contributed by atoms with E-state index in [0.29, 0.717) is 5.41 Å². The van der Waals surface area contributed by atoms with Crippen molar-refractivity contribution in [3.05, 3.63) is 35.4 Å². The molecule has 0 aromatic heterocycles. The van der Waals surface area contributed by atoms with E-state index in [-0.39, 0.29) is 6.04 Å². The molecule has 1 aromatic rings. The smallest absolute Gasteiger partial charge is 0.0382 e. The fraction of sp³-hybridized carbons (Fsp3) is 0.455. The molecule has 1 aliphatic carbocycles. The number of hydrogen-bond donors (Lipinski definition) is 2. The van der Waals surface area contributed by atoms with Crippen molar-refractivity contribution in [1.82, 2.24) is 5.32 Å². The summed E-state index contributed by atoms with van der Waals surface area (Å²) in [6, 6.07) is 8.83. The lowest BCUT2D eigenvalue weighted by atomic mass is 9.76. The van der Waals surface area contributed by atoms with Crippen LogP contribution in [0.15, 0.2) is 24.3 Å². The molecule has 68 valence electrons. The van der Waals surface area contributed by atoms with E-state index in [2.05, 4.69) is 29.6 Å². The Labute approximate surface area is 78.1 Å². The van der Waals surface area contributed by atoms with Gasteiger partial charge in [-0.2, -0.15) is 0 Å². The van der Waals surface area contributed by atoms with Gasteiger partial charge in [0.15, 0.2) is 0 Å². The van der Waals surface area contributed by atoms with Crippen LogP contribution < -0.4 is 11.1 Å². The fourth-order valence-corrected chi connectivity index (χ4v) is 2.61. The van der Waals surface area contributed by atoms with E-state index < -0.39 is 0 Å². The largest absolute Gasteiger partial charge is 0.323 e. The molecular formula is C11H14N2. The number of fused-ring (bicyclic) bond motifs is 1. The van der Waals surface area contributed by atoms with E-state index in [4.69, 9.17) is 5.73 Å². The molecule has 1 fully saturated rings. The van der Waals surface area contributed by atoms with Crippen molar-refractivity contribution in [3.8, 4) is 0 Å². The first-order valence-electron chi connectivity index (χ1n) is 4.86. The van der Waals surface area contributed by atoms with Crippen molar-refractivity contribution in [2.75, 3.05) is 13.1 Å². The molecule has 1 heterocycles. The van der Waals surface area contributed by atoms with Crippen LogP contribution in [0.2, 0.25) is 0 Å². The number of rotatable bonds is 0. The third-order valence-corrected chi connectivity index (χ3v) is 3.55. The van der Waals surface area contributed by atoms with Crippen LogP contribution in [-0.4, -0.2) is 13.1 Å². The maximum absolute atomic E-state index is 6.25. The Morgan fingerprint density at radius 1 is 1.31 bits per heavy atom. The molecule has 0 saturated carbocycles. The van der Waals surface area contributed by atoms with Gasteiger partial charge < -0.3 is 11.1 Å². The minimum atomic E-state index is 0.255. The molecule has 1 atom stereocenters. The van der Waals surface area contributed by atoms with Crippen LogP contribution in [0.4, 0.5) is 0 Å². The lowest BCUT2D eigenvalue weighted by Crippen LogP contribution is -2.57. The first-order chi connectivity index (χ1) is 6.32. The fourth-order valence-electron chi connectivity index (χ4n) is 2.61. The Hall–Kier alpha value is -0.860. The van der Waals surface area contributed by atoms with Crippen LogP contribution in [0.5, 0.6) is 0 Å². The molecule has 1 saturated heterocycles. The van der Waals surface area contributed by atoms with Crippen molar-refractivity contribution < 1.29 is 0 Å². The average Bonchev–Trinajstić information content (AvgIpc) is 2.40. The summed E-state index contributed by atoms with van der Waals surface area (Å²) in [5.74, 6) is 0. The second-order valence-electron chi connectivity index (χ2n) is 4.32. The zero-order valence-electron chi connectivity index (χ0n) is 7.59. The zero-order valence-corrected chi connectivity index (χ0v) is 7.59. The first kappa shape index (κ1) is 7.54. The van der Waals surface area contributed by atoms with Gasteiger partial charge in [0.2, 0.25) is 0 Å². The molecule has 13 heavy (non-hydrogen) atoms. The Morgan fingerprint density at radius 2 is 2.08 bits per heavy atom. The molecule has 2 aliphatic rings. The maximum Gasteiger partial charge on any atom is 0.0382 e. The van der Waals surface area contributed by atoms with Gasteiger partial charge in [0, 0.05) is 24.5 Å². The Morgan fingerprint density at radius 3 is 2.69 bits per heavy atom. The Balaban J connectivity index is 2.06. The number of nitrogens with one attached hydrogen (secondary N) is 1. The number of hydrogen-bond acceptors (Lipinski definition) is 2. The quantitative estimate of drug-likeness (QED) is 0.611. The van der Waals surface area contributed by atoms with Crippen LogP contribution in [0.25, 0.3) is 0 Å². The van der Waals surface area contributed by atoms with E-state index in [1.165, 1.54) is 11.1 Å². The van der Waals surface area contributed by atoms with Crippen molar-refractivity contribution in [1.29, 1.82) is 0 Å². The molecule has 2 nitrogen and oxygen atoms in total.